The van der Waals surface area contributed by atoms with Crippen molar-refractivity contribution in [2.45, 2.75) is 19.4 Å². The van der Waals surface area contributed by atoms with E-state index in [0.717, 1.165) is 33.4 Å². The molecule has 0 saturated carbocycles. The quantitative estimate of drug-likeness (QED) is 0.903. The Bertz CT molecular complexity index is 533. The molecule has 0 bridgehead atoms. The third kappa shape index (κ3) is 3.14. The molecule has 1 N–H and O–H groups in total. The summed E-state index contributed by atoms with van der Waals surface area (Å²) < 4.78 is 0.954. The van der Waals surface area contributed by atoms with Crippen LogP contribution >= 0.6 is 27.7 Å². The van der Waals surface area contributed by atoms with E-state index in [4.69, 9.17) is 0 Å². The molecule has 0 amide bonds. The topological polar surface area (TPSA) is 37.8 Å². The molecule has 2 rings (SSSR count). The first-order chi connectivity index (χ1) is 8.74. The molecular weight excluding hydrogens is 310 g/mol. The number of pyridine rings is 2. The van der Waals surface area contributed by atoms with Crippen LogP contribution in [-0.4, -0.2) is 28.0 Å². The molecule has 96 valence electrons. The molecular formula is C13H16BrN3S. The first kappa shape index (κ1) is 13.6. The van der Waals surface area contributed by atoms with Crippen molar-refractivity contribution < 1.29 is 0 Å². The summed E-state index contributed by atoms with van der Waals surface area (Å²) in [7, 11) is 0. The number of aromatic nitrogens is 2. The van der Waals surface area contributed by atoms with Crippen LogP contribution in [0.1, 0.15) is 13.3 Å². The third-order valence-electron chi connectivity index (χ3n) is 2.76. The zero-order valence-electron chi connectivity index (χ0n) is 10.5. The second-order valence-electron chi connectivity index (χ2n) is 4.08. The van der Waals surface area contributed by atoms with Gasteiger partial charge in [-0.15, -0.1) is 0 Å². The highest BCUT2D eigenvalue weighted by molar-refractivity contribution is 9.10. The van der Waals surface area contributed by atoms with Crippen LogP contribution in [0.3, 0.4) is 0 Å². The van der Waals surface area contributed by atoms with E-state index in [9.17, 15) is 0 Å². The molecule has 0 spiro atoms. The van der Waals surface area contributed by atoms with Crippen molar-refractivity contribution in [2.75, 3.05) is 17.3 Å². The lowest BCUT2D eigenvalue weighted by atomic mass is 10.2. The summed E-state index contributed by atoms with van der Waals surface area (Å²) in [6.45, 7) is 2.20. The fourth-order valence-corrected chi connectivity index (χ4v) is 2.85. The Morgan fingerprint density at radius 1 is 1.44 bits per heavy atom. The van der Waals surface area contributed by atoms with Gasteiger partial charge in [0.15, 0.2) is 0 Å². The number of nitrogens with one attached hydrogen (secondary N) is 1. The Labute approximate surface area is 120 Å². The lowest BCUT2D eigenvalue weighted by Crippen LogP contribution is -2.21. The number of thioether (sulfide) groups is 1. The molecule has 0 aliphatic rings. The lowest BCUT2D eigenvalue weighted by Gasteiger charge is -2.17. The van der Waals surface area contributed by atoms with Crippen LogP contribution in [0.5, 0.6) is 0 Å². The van der Waals surface area contributed by atoms with E-state index < -0.39 is 0 Å². The zero-order chi connectivity index (χ0) is 13.0. The van der Waals surface area contributed by atoms with Gasteiger partial charge in [-0.25, -0.2) is 0 Å². The Kier molecular flexibility index (Phi) is 4.83. The summed E-state index contributed by atoms with van der Waals surface area (Å²) in [5.41, 5.74) is 2.90. The van der Waals surface area contributed by atoms with Crippen LogP contribution in [0, 0.1) is 0 Å². The summed E-state index contributed by atoms with van der Waals surface area (Å²) in [6.07, 6.45) is 6.86. The minimum atomic E-state index is 0.469. The number of hydrogen-bond acceptors (Lipinski definition) is 4. The SMILES string of the molecule is CCC(CSC)Nc1ccnc2cc(Br)cnc12. The smallest absolute Gasteiger partial charge is 0.112 e. The van der Waals surface area contributed by atoms with Crippen molar-refractivity contribution in [3.05, 3.63) is 29.0 Å². The van der Waals surface area contributed by atoms with Gasteiger partial charge in [0.25, 0.3) is 0 Å². The molecule has 18 heavy (non-hydrogen) atoms. The molecule has 0 radical (unpaired) electrons. The Morgan fingerprint density at radius 3 is 3.00 bits per heavy atom. The Morgan fingerprint density at radius 2 is 2.28 bits per heavy atom. The van der Waals surface area contributed by atoms with Gasteiger partial charge >= 0.3 is 0 Å². The molecule has 1 unspecified atom stereocenters. The fourth-order valence-electron chi connectivity index (χ4n) is 1.80. The zero-order valence-corrected chi connectivity index (χ0v) is 12.9. The average molecular weight is 326 g/mol. The predicted molar refractivity (Wildman–Crippen MR) is 83.3 cm³/mol. The number of hydrogen-bond donors (Lipinski definition) is 1. The monoisotopic (exact) mass is 325 g/mol. The number of halogens is 1. The van der Waals surface area contributed by atoms with Gasteiger partial charge in [0.05, 0.1) is 11.2 Å². The van der Waals surface area contributed by atoms with Gasteiger partial charge in [-0.1, -0.05) is 6.92 Å². The third-order valence-corrected chi connectivity index (χ3v) is 3.93. The van der Waals surface area contributed by atoms with Gasteiger partial charge in [0, 0.05) is 28.7 Å². The van der Waals surface area contributed by atoms with Gasteiger partial charge in [0.2, 0.25) is 0 Å². The van der Waals surface area contributed by atoms with E-state index in [1.807, 2.05) is 36.3 Å². The van der Waals surface area contributed by atoms with Crippen LogP contribution in [0.25, 0.3) is 11.0 Å². The number of fused-ring (bicyclic) bond motifs is 1. The second kappa shape index (κ2) is 6.38. The van der Waals surface area contributed by atoms with Crippen molar-refractivity contribution in [3.63, 3.8) is 0 Å². The van der Waals surface area contributed by atoms with Crippen molar-refractivity contribution in [1.82, 2.24) is 9.97 Å². The normalized spacial score (nSPS) is 12.6. The number of nitrogens with zero attached hydrogens (tertiary/aromatic N) is 2. The molecule has 5 heteroatoms. The van der Waals surface area contributed by atoms with Crippen LogP contribution in [0.15, 0.2) is 29.0 Å². The van der Waals surface area contributed by atoms with Crippen molar-refractivity contribution >= 4 is 44.4 Å². The molecule has 2 aromatic rings. The van der Waals surface area contributed by atoms with Crippen LogP contribution in [0.4, 0.5) is 5.69 Å². The first-order valence-corrected chi connectivity index (χ1v) is 8.09. The van der Waals surface area contributed by atoms with E-state index >= 15 is 0 Å². The predicted octanol–water partition coefficient (Wildman–Crippen LogP) is 3.95. The van der Waals surface area contributed by atoms with Gasteiger partial charge in [-0.05, 0) is 40.7 Å². The number of rotatable bonds is 5. The van der Waals surface area contributed by atoms with E-state index in [1.54, 1.807) is 0 Å². The van der Waals surface area contributed by atoms with Gasteiger partial charge in [-0.2, -0.15) is 11.8 Å². The minimum absolute atomic E-state index is 0.469. The van der Waals surface area contributed by atoms with Crippen molar-refractivity contribution in [3.8, 4) is 0 Å². The maximum absolute atomic E-state index is 4.45. The largest absolute Gasteiger partial charge is 0.380 e. The molecule has 3 nitrogen and oxygen atoms in total. The number of anilines is 1. The van der Waals surface area contributed by atoms with Crippen molar-refractivity contribution in [2.24, 2.45) is 0 Å². The van der Waals surface area contributed by atoms with E-state index in [1.165, 1.54) is 0 Å². The maximum Gasteiger partial charge on any atom is 0.112 e. The van der Waals surface area contributed by atoms with E-state index in [2.05, 4.69) is 44.4 Å². The minimum Gasteiger partial charge on any atom is -0.380 e. The molecule has 0 fully saturated rings. The van der Waals surface area contributed by atoms with Crippen LogP contribution in [-0.2, 0) is 0 Å². The van der Waals surface area contributed by atoms with Crippen LogP contribution in [0.2, 0.25) is 0 Å². The fraction of sp³-hybridized carbons (Fsp3) is 0.385. The highest BCUT2D eigenvalue weighted by Crippen LogP contribution is 2.23. The summed E-state index contributed by atoms with van der Waals surface area (Å²) in [5, 5.41) is 3.55. The lowest BCUT2D eigenvalue weighted by molar-refractivity contribution is 0.775. The van der Waals surface area contributed by atoms with Gasteiger partial charge in [0.1, 0.15) is 5.52 Å². The first-order valence-electron chi connectivity index (χ1n) is 5.90. The Hall–Kier alpha value is -0.810. The highest BCUT2D eigenvalue weighted by atomic mass is 79.9. The molecule has 2 heterocycles. The average Bonchev–Trinajstić information content (AvgIpc) is 2.38. The molecule has 0 aliphatic carbocycles. The van der Waals surface area contributed by atoms with E-state index in [0.29, 0.717) is 6.04 Å². The standard InChI is InChI=1S/C13H16BrN3S/c1-3-10(8-18-2)17-11-4-5-15-12-6-9(14)7-16-13(11)12/h4-7,10H,3,8H2,1-2H3,(H,15,17). The molecule has 0 aliphatic heterocycles. The molecule has 2 aromatic heterocycles. The van der Waals surface area contributed by atoms with Gasteiger partial charge < -0.3 is 5.32 Å². The summed E-state index contributed by atoms with van der Waals surface area (Å²) in [4.78, 5) is 8.79. The summed E-state index contributed by atoms with van der Waals surface area (Å²) in [6, 6.07) is 4.45. The molecule has 0 aromatic carbocycles. The van der Waals surface area contributed by atoms with Crippen molar-refractivity contribution in [1.29, 1.82) is 0 Å². The maximum atomic E-state index is 4.45. The van der Waals surface area contributed by atoms with Crippen LogP contribution < -0.4 is 5.32 Å². The Balaban J connectivity index is 2.32. The second-order valence-corrected chi connectivity index (χ2v) is 5.91. The molecule has 0 saturated heterocycles. The summed E-state index contributed by atoms with van der Waals surface area (Å²) in [5.74, 6) is 1.09. The molecule has 1 atom stereocenters. The highest BCUT2D eigenvalue weighted by Gasteiger charge is 2.09. The van der Waals surface area contributed by atoms with E-state index in [-0.39, 0.29) is 0 Å². The summed E-state index contributed by atoms with van der Waals surface area (Å²) >= 11 is 5.28. The van der Waals surface area contributed by atoms with Gasteiger partial charge in [-0.3, -0.25) is 9.97 Å².